The molecule has 0 aliphatic carbocycles. The van der Waals surface area contributed by atoms with Crippen molar-refractivity contribution < 1.29 is 31.9 Å². The molecule has 0 bridgehead atoms. The summed E-state index contributed by atoms with van der Waals surface area (Å²) in [6, 6.07) is 15.0. The Morgan fingerprint density at radius 3 is 2.41 bits per heavy atom. The van der Waals surface area contributed by atoms with Gasteiger partial charge in [0, 0.05) is 31.3 Å². The van der Waals surface area contributed by atoms with Crippen molar-refractivity contribution in [2.24, 2.45) is 0 Å². The SMILES string of the molecule is CCN1C(=O)[C@@H](NC(=O)c2nccc(C(F)(F)F)n2)[C@H](c2ccc(F)cc2)c2c(CC(=O)N(C)CC#N)nn(-c3ccccc3)c21. The molecule has 0 fully saturated rings. The van der Waals surface area contributed by atoms with Crippen LogP contribution in [0.2, 0.25) is 0 Å². The molecule has 3 heterocycles. The molecule has 0 saturated carbocycles. The number of carbonyl (C=O) groups excluding carboxylic acids is 3. The highest BCUT2D eigenvalue weighted by Gasteiger charge is 2.46. The van der Waals surface area contributed by atoms with Crippen LogP contribution < -0.4 is 10.2 Å². The number of fused-ring (bicyclic) bond motifs is 1. The summed E-state index contributed by atoms with van der Waals surface area (Å²) in [7, 11) is 1.45. The minimum Gasteiger partial charge on any atom is -0.337 e. The predicted molar refractivity (Wildman–Crippen MR) is 155 cm³/mol. The highest BCUT2D eigenvalue weighted by Crippen LogP contribution is 2.44. The molecule has 0 radical (unpaired) electrons. The van der Waals surface area contributed by atoms with Gasteiger partial charge in [-0.1, -0.05) is 30.3 Å². The first kappa shape index (κ1) is 31.8. The summed E-state index contributed by atoms with van der Waals surface area (Å²) in [5.41, 5.74) is 0.122. The van der Waals surface area contributed by atoms with E-state index < -0.39 is 53.2 Å². The van der Waals surface area contributed by atoms with Gasteiger partial charge < -0.3 is 10.2 Å². The maximum Gasteiger partial charge on any atom is 0.433 e. The number of hydrogen-bond donors (Lipinski definition) is 1. The Morgan fingerprint density at radius 1 is 1.09 bits per heavy atom. The van der Waals surface area contributed by atoms with Crippen LogP contribution in [0, 0.1) is 17.1 Å². The molecular weight excluding hydrogens is 608 g/mol. The third-order valence-corrected chi connectivity index (χ3v) is 7.44. The number of alkyl halides is 3. The molecule has 0 unspecified atom stereocenters. The van der Waals surface area contributed by atoms with Crippen molar-refractivity contribution in [2.75, 3.05) is 25.0 Å². The van der Waals surface area contributed by atoms with E-state index in [-0.39, 0.29) is 25.2 Å². The summed E-state index contributed by atoms with van der Waals surface area (Å²) in [4.78, 5) is 50.4. The van der Waals surface area contributed by atoms with E-state index in [1.54, 1.807) is 37.3 Å². The van der Waals surface area contributed by atoms with Crippen LogP contribution in [-0.4, -0.2) is 68.5 Å². The van der Waals surface area contributed by atoms with Crippen molar-refractivity contribution in [1.82, 2.24) is 30.0 Å². The van der Waals surface area contributed by atoms with Crippen LogP contribution in [0.3, 0.4) is 0 Å². The first-order chi connectivity index (χ1) is 21.9. The van der Waals surface area contributed by atoms with E-state index >= 15 is 0 Å². The maximum atomic E-state index is 14.2. The molecule has 46 heavy (non-hydrogen) atoms. The average Bonchev–Trinajstić information content (AvgIpc) is 3.40. The van der Waals surface area contributed by atoms with Gasteiger partial charge in [-0.25, -0.2) is 19.0 Å². The minimum atomic E-state index is -4.85. The fourth-order valence-electron chi connectivity index (χ4n) is 5.29. The van der Waals surface area contributed by atoms with Gasteiger partial charge in [-0.15, -0.1) is 0 Å². The molecule has 1 N–H and O–H groups in total. The normalized spacial score (nSPS) is 16.0. The number of rotatable bonds is 8. The molecule has 3 amide bonds. The third-order valence-electron chi connectivity index (χ3n) is 7.44. The van der Waals surface area contributed by atoms with Crippen LogP contribution in [0.15, 0.2) is 66.9 Å². The molecule has 4 aromatic rings. The molecule has 0 spiro atoms. The minimum absolute atomic E-state index is 0.0780. The zero-order valence-corrected chi connectivity index (χ0v) is 24.5. The molecule has 236 valence electrons. The number of halogens is 4. The van der Waals surface area contributed by atoms with E-state index in [4.69, 9.17) is 10.4 Å². The Balaban J connectivity index is 1.71. The lowest BCUT2D eigenvalue weighted by atomic mass is 9.80. The monoisotopic (exact) mass is 634 g/mol. The second kappa shape index (κ2) is 12.8. The van der Waals surface area contributed by atoms with Crippen molar-refractivity contribution in [2.45, 2.75) is 31.5 Å². The van der Waals surface area contributed by atoms with Gasteiger partial charge in [0.2, 0.25) is 11.7 Å². The van der Waals surface area contributed by atoms with Crippen LogP contribution in [0.4, 0.5) is 23.4 Å². The number of hydrogen-bond acceptors (Lipinski definition) is 7. The largest absolute Gasteiger partial charge is 0.433 e. The van der Waals surface area contributed by atoms with E-state index in [0.717, 1.165) is 18.3 Å². The Bertz CT molecular complexity index is 1820. The third kappa shape index (κ3) is 6.14. The first-order valence-corrected chi connectivity index (χ1v) is 14.0. The molecule has 15 heteroatoms. The van der Waals surface area contributed by atoms with Gasteiger partial charge >= 0.3 is 6.18 Å². The van der Waals surface area contributed by atoms with Gasteiger partial charge in [0.1, 0.15) is 29.9 Å². The lowest BCUT2D eigenvalue weighted by Crippen LogP contribution is -2.55. The second-order valence-electron chi connectivity index (χ2n) is 10.3. The Morgan fingerprint density at radius 2 is 1.78 bits per heavy atom. The molecule has 11 nitrogen and oxygen atoms in total. The summed E-state index contributed by atoms with van der Waals surface area (Å²) in [5, 5.41) is 16.4. The number of likely N-dealkylation sites (N-methyl/N-ethyl adjacent to an activating group) is 2. The van der Waals surface area contributed by atoms with E-state index in [1.165, 1.54) is 33.7 Å². The molecule has 2 atom stereocenters. The Kier molecular flexibility index (Phi) is 8.81. The first-order valence-electron chi connectivity index (χ1n) is 14.0. The van der Waals surface area contributed by atoms with E-state index in [1.807, 2.05) is 6.07 Å². The topological polar surface area (TPSA) is 137 Å². The number of nitrogens with zero attached hydrogens (tertiary/aromatic N) is 7. The molecule has 1 aliphatic rings. The Labute approximate surface area is 260 Å². The predicted octanol–water partition coefficient (Wildman–Crippen LogP) is 3.64. The smallest absolute Gasteiger partial charge is 0.337 e. The molecule has 0 saturated heterocycles. The van der Waals surface area contributed by atoms with Crippen molar-refractivity contribution in [3.8, 4) is 11.8 Å². The molecule has 1 aliphatic heterocycles. The van der Waals surface area contributed by atoms with Gasteiger partial charge in [-0.05, 0) is 42.8 Å². The highest BCUT2D eigenvalue weighted by molar-refractivity contribution is 6.05. The molecule has 2 aromatic heterocycles. The zero-order chi connectivity index (χ0) is 33.2. The Hall–Kier alpha value is -5.65. The van der Waals surface area contributed by atoms with Crippen molar-refractivity contribution in [3.05, 3.63) is 101 Å². The number of nitrogens with one attached hydrogen (secondary N) is 1. The van der Waals surface area contributed by atoms with Crippen molar-refractivity contribution >= 4 is 23.5 Å². The van der Waals surface area contributed by atoms with Crippen LogP contribution in [-0.2, 0) is 22.2 Å². The zero-order valence-electron chi connectivity index (χ0n) is 24.5. The summed E-state index contributed by atoms with van der Waals surface area (Å²) in [6.45, 7) is 1.56. The summed E-state index contributed by atoms with van der Waals surface area (Å²) >= 11 is 0. The summed E-state index contributed by atoms with van der Waals surface area (Å²) < 4.78 is 55.7. The number of carbonyl (C=O) groups is 3. The second-order valence-corrected chi connectivity index (χ2v) is 10.3. The number of benzene rings is 2. The highest BCUT2D eigenvalue weighted by atomic mass is 19.4. The molecule has 5 rings (SSSR count). The number of anilines is 1. The van der Waals surface area contributed by atoms with Gasteiger partial charge in [0.05, 0.1) is 23.9 Å². The van der Waals surface area contributed by atoms with Crippen LogP contribution >= 0.6 is 0 Å². The van der Waals surface area contributed by atoms with Gasteiger partial charge in [0.25, 0.3) is 11.8 Å². The lowest BCUT2D eigenvalue weighted by molar-refractivity contribution is -0.141. The average molecular weight is 635 g/mol. The number of amides is 3. The van der Waals surface area contributed by atoms with Gasteiger partial charge in [-0.2, -0.15) is 23.5 Å². The summed E-state index contributed by atoms with van der Waals surface area (Å²) in [6.07, 6.45) is -4.37. The van der Waals surface area contributed by atoms with Crippen LogP contribution in [0.25, 0.3) is 5.69 Å². The molecular formula is C31H26F4N8O3. The van der Waals surface area contributed by atoms with Crippen molar-refractivity contribution in [3.63, 3.8) is 0 Å². The summed E-state index contributed by atoms with van der Waals surface area (Å²) in [5.74, 6) is -4.44. The maximum absolute atomic E-state index is 14.2. The molecule has 2 aromatic carbocycles. The van der Waals surface area contributed by atoms with Gasteiger partial charge in [-0.3, -0.25) is 19.3 Å². The fraction of sp³-hybridized carbons (Fsp3) is 0.258. The lowest BCUT2D eigenvalue weighted by Gasteiger charge is -2.38. The van der Waals surface area contributed by atoms with Crippen LogP contribution in [0.5, 0.6) is 0 Å². The van der Waals surface area contributed by atoms with Gasteiger partial charge in [0.15, 0.2) is 0 Å². The van der Waals surface area contributed by atoms with E-state index in [0.29, 0.717) is 28.7 Å². The van der Waals surface area contributed by atoms with Crippen molar-refractivity contribution in [1.29, 1.82) is 5.26 Å². The number of aromatic nitrogens is 4. The van der Waals surface area contributed by atoms with Crippen LogP contribution in [0.1, 0.15) is 46.0 Å². The quantitative estimate of drug-likeness (QED) is 0.231. The van der Waals surface area contributed by atoms with E-state index in [9.17, 15) is 31.9 Å². The van der Waals surface area contributed by atoms with E-state index in [2.05, 4.69) is 15.3 Å². The fourth-order valence-corrected chi connectivity index (χ4v) is 5.29. The standard InChI is InChI=1S/C31H26F4N8O3/c1-3-42-29-25(21(17-23(44)41(2)16-14-36)40-43(29)20-7-5-4-6-8-20)24(18-9-11-19(32)12-10-18)26(30(42)46)39-28(45)27-37-15-13-22(38-27)31(33,34)35/h4-13,15,24,26H,3,16-17H2,1-2H3,(H,39,45)/t24-,26+/m1/s1. The number of nitriles is 1. The number of para-hydroxylation sites is 1.